The average molecular weight is 256 g/mol. The Morgan fingerprint density at radius 1 is 1.44 bits per heavy atom. The third kappa shape index (κ3) is 4.42. The summed E-state index contributed by atoms with van der Waals surface area (Å²) in [5, 5.41) is 26.1. The van der Waals surface area contributed by atoms with Crippen molar-refractivity contribution in [2.24, 2.45) is 0 Å². The first-order valence-corrected chi connectivity index (χ1v) is 5.41. The molecule has 2 atom stereocenters. The molecule has 0 saturated heterocycles. The third-order valence-corrected chi connectivity index (χ3v) is 2.18. The maximum absolute atomic E-state index is 11.4. The predicted molar refractivity (Wildman–Crippen MR) is 61.9 cm³/mol. The van der Waals surface area contributed by atoms with E-state index in [1.165, 1.54) is 0 Å². The van der Waals surface area contributed by atoms with E-state index in [1.54, 1.807) is 30.1 Å². The van der Waals surface area contributed by atoms with Crippen LogP contribution in [-0.4, -0.2) is 50.7 Å². The number of nitrogens with one attached hydrogen (secondary N) is 2. The van der Waals surface area contributed by atoms with Crippen LogP contribution >= 0.6 is 0 Å². The summed E-state index contributed by atoms with van der Waals surface area (Å²) >= 11 is 0. The number of carbonyl (C=O) groups excluding carboxylic acids is 1. The number of rotatable bonds is 6. The highest BCUT2D eigenvalue weighted by atomic mass is 16.4. The van der Waals surface area contributed by atoms with Gasteiger partial charge in [0.2, 0.25) is 0 Å². The summed E-state index contributed by atoms with van der Waals surface area (Å²) < 4.78 is 1.64. The van der Waals surface area contributed by atoms with Crippen LogP contribution in [0.25, 0.3) is 0 Å². The molecule has 1 aromatic rings. The van der Waals surface area contributed by atoms with Crippen LogP contribution in [0.15, 0.2) is 18.5 Å². The number of hydrogen-bond acceptors (Lipinski definition) is 4. The lowest BCUT2D eigenvalue weighted by Gasteiger charge is -2.17. The molecule has 0 aliphatic carbocycles. The van der Waals surface area contributed by atoms with Crippen molar-refractivity contribution in [1.82, 2.24) is 20.4 Å². The number of hydrogen-bond donors (Lipinski definition) is 4. The Balaban J connectivity index is 2.37. The van der Waals surface area contributed by atoms with Crippen LogP contribution in [-0.2, 0) is 11.3 Å². The zero-order chi connectivity index (χ0) is 13.5. The van der Waals surface area contributed by atoms with Gasteiger partial charge in [-0.3, -0.25) is 4.68 Å². The summed E-state index contributed by atoms with van der Waals surface area (Å²) in [6.45, 7) is 1.57. The van der Waals surface area contributed by atoms with Crippen molar-refractivity contribution in [2.75, 3.05) is 6.61 Å². The number of aromatic nitrogens is 2. The van der Waals surface area contributed by atoms with E-state index in [0.29, 0.717) is 6.54 Å². The second kappa shape index (κ2) is 6.60. The smallest absolute Gasteiger partial charge is 0.328 e. The summed E-state index contributed by atoms with van der Waals surface area (Å²) in [6.07, 6.45) is 3.38. The van der Waals surface area contributed by atoms with Crippen molar-refractivity contribution in [1.29, 1.82) is 0 Å². The Bertz CT molecular complexity index is 393. The monoisotopic (exact) mass is 256 g/mol. The lowest BCUT2D eigenvalue weighted by molar-refractivity contribution is -0.140. The molecule has 1 unspecified atom stereocenters. The molecule has 0 bridgehead atoms. The minimum absolute atomic E-state index is 0.224. The lowest BCUT2D eigenvalue weighted by atomic mass is 10.3. The van der Waals surface area contributed by atoms with Gasteiger partial charge in [-0.05, 0) is 13.0 Å². The van der Waals surface area contributed by atoms with Gasteiger partial charge in [0.05, 0.1) is 13.2 Å². The number of urea groups is 1. The quantitative estimate of drug-likeness (QED) is 0.522. The number of carbonyl (C=O) groups is 2. The first kappa shape index (κ1) is 14.0. The molecule has 100 valence electrons. The van der Waals surface area contributed by atoms with E-state index in [4.69, 9.17) is 10.2 Å². The van der Waals surface area contributed by atoms with Gasteiger partial charge in [0.25, 0.3) is 0 Å². The zero-order valence-electron chi connectivity index (χ0n) is 9.91. The van der Waals surface area contributed by atoms with Crippen LogP contribution in [0.4, 0.5) is 4.79 Å². The maximum atomic E-state index is 11.4. The van der Waals surface area contributed by atoms with Crippen molar-refractivity contribution in [2.45, 2.75) is 25.6 Å². The van der Waals surface area contributed by atoms with E-state index >= 15 is 0 Å². The molecule has 8 heteroatoms. The van der Waals surface area contributed by atoms with E-state index in [-0.39, 0.29) is 6.04 Å². The van der Waals surface area contributed by atoms with Crippen molar-refractivity contribution in [3.05, 3.63) is 18.5 Å². The first-order chi connectivity index (χ1) is 8.52. The number of aliphatic hydroxyl groups excluding tert-OH is 1. The molecule has 1 heterocycles. The molecular formula is C10H16N4O4. The fourth-order valence-electron chi connectivity index (χ4n) is 1.34. The van der Waals surface area contributed by atoms with Gasteiger partial charge < -0.3 is 20.8 Å². The molecular weight excluding hydrogens is 240 g/mol. The molecule has 1 aromatic heterocycles. The number of nitrogens with zero attached hydrogens (tertiary/aromatic N) is 2. The van der Waals surface area contributed by atoms with E-state index in [0.717, 1.165) is 0 Å². The van der Waals surface area contributed by atoms with Gasteiger partial charge in [0.1, 0.15) is 0 Å². The second-order valence-corrected chi connectivity index (χ2v) is 3.82. The van der Waals surface area contributed by atoms with E-state index < -0.39 is 24.6 Å². The van der Waals surface area contributed by atoms with Crippen LogP contribution in [0.3, 0.4) is 0 Å². The maximum Gasteiger partial charge on any atom is 0.328 e. The molecule has 0 aromatic carbocycles. The number of aliphatic carboxylic acids is 1. The molecule has 1 rings (SSSR count). The summed E-state index contributed by atoms with van der Waals surface area (Å²) in [5.41, 5.74) is 0. The van der Waals surface area contributed by atoms with Gasteiger partial charge in [-0.1, -0.05) is 0 Å². The Morgan fingerprint density at radius 2 is 2.17 bits per heavy atom. The topological polar surface area (TPSA) is 116 Å². The van der Waals surface area contributed by atoms with Gasteiger partial charge in [0.15, 0.2) is 6.04 Å². The standard InChI is InChI=1S/C10H16N4O4/c1-7(5-14-4-2-3-11-14)12-10(18)13-8(6-15)9(16)17/h2-4,7-8,15H,5-6H2,1H3,(H,16,17)(H2,12,13,18)/t7?,8-/m1/s1. The number of aliphatic hydroxyl groups is 1. The summed E-state index contributed by atoms with van der Waals surface area (Å²) in [4.78, 5) is 22.0. The van der Waals surface area contributed by atoms with E-state index in [2.05, 4.69) is 15.7 Å². The van der Waals surface area contributed by atoms with Crippen molar-refractivity contribution in [3.8, 4) is 0 Å². The normalized spacial score (nSPS) is 13.7. The predicted octanol–water partition coefficient (Wildman–Crippen LogP) is -0.984. The lowest BCUT2D eigenvalue weighted by Crippen LogP contribution is -2.50. The van der Waals surface area contributed by atoms with Crippen LogP contribution < -0.4 is 10.6 Å². The van der Waals surface area contributed by atoms with Gasteiger partial charge in [0, 0.05) is 18.4 Å². The van der Waals surface area contributed by atoms with E-state index in [1.807, 2.05) is 0 Å². The van der Waals surface area contributed by atoms with Crippen LogP contribution in [0.1, 0.15) is 6.92 Å². The van der Waals surface area contributed by atoms with Crippen molar-refractivity contribution in [3.63, 3.8) is 0 Å². The minimum Gasteiger partial charge on any atom is -0.480 e. The Hall–Kier alpha value is -2.09. The highest BCUT2D eigenvalue weighted by molar-refractivity contribution is 5.82. The Morgan fingerprint density at radius 3 is 2.67 bits per heavy atom. The van der Waals surface area contributed by atoms with E-state index in [9.17, 15) is 9.59 Å². The Kier molecular flexibility index (Phi) is 5.12. The molecule has 0 aliphatic heterocycles. The molecule has 0 fully saturated rings. The molecule has 0 saturated carbocycles. The van der Waals surface area contributed by atoms with Gasteiger partial charge in [-0.2, -0.15) is 5.10 Å². The number of carboxylic acid groups (broad SMARTS) is 1. The summed E-state index contributed by atoms with van der Waals surface area (Å²) in [7, 11) is 0. The largest absolute Gasteiger partial charge is 0.480 e. The molecule has 0 spiro atoms. The zero-order valence-corrected chi connectivity index (χ0v) is 9.91. The first-order valence-electron chi connectivity index (χ1n) is 5.41. The average Bonchev–Trinajstić information content (AvgIpc) is 2.77. The third-order valence-electron chi connectivity index (χ3n) is 2.18. The van der Waals surface area contributed by atoms with Crippen LogP contribution in [0, 0.1) is 0 Å². The van der Waals surface area contributed by atoms with Gasteiger partial charge in [-0.15, -0.1) is 0 Å². The van der Waals surface area contributed by atoms with Gasteiger partial charge in [-0.25, -0.2) is 9.59 Å². The number of carboxylic acids is 1. The molecule has 0 aliphatic rings. The molecule has 0 radical (unpaired) electrons. The fourth-order valence-corrected chi connectivity index (χ4v) is 1.34. The second-order valence-electron chi connectivity index (χ2n) is 3.82. The highest BCUT2D eigenvalue weighted by Gasteiger charge is 2.19. The van der Waals surface area contributed by atoms with Crippen molar-refractivity contribution < 1.29 is 19.8 Å². The van der Waals surface area contributed by atoms with Gasteiger partial charge >= 0.3 is 12.0 Å². The summed E-state index contributed by atoms with van der Waals surface area (Å²) in [5.74, 6) is -1.28. The van der Waals surface area contributed by atoms with Crippen molar-refractivity contribution >= 4 is 12.0 Å². The number of amides is 2. The van der Waals surface area contributed by atoms with Crippen LogP contribution in [0.2, 0.25) is 0 Å². The highest BCUT2D eigenvalue weighted by Crippen LogP contribution is 1.91. The molecule has 8 nitrogen and oxygen atoms in total. The molecule has 18 heavy (non-hydrogen) atoms. The Labute approximate surface area is 104 Å². The SMILES string of the molecule is CC(Cn1cccn1)NC(=O)N[C@H](CO)C(=O)O. The molecule has 2 amide bonds. The molecule has 4 N–H and O–H groups in total. The fraction of sp³-hybridized carbons (Fsp3) is 0.500. The van der Waals surface area contributed by atoms with Crippen LogP contribution in [0.5, 0.6) is 0 Å². The summed E-state index contributed by atoms with van der Waals surface area (Å²) in [6, 6.07) is -0.407. The minimum atomic E-state index is -1.30.